The molecule has 33 heavy (non-hydrogen) atoms. The van der Waals surface area contributed by atoms with Crippen molar-refractivity contribution in [3.05, 3.63) is 12.2 Å². The summed E-state index contributed by atoms with van der Waals surface area (Å²) in [6.07, 6.45) is 28.1. The first-order valence-electron chi connectivity index (χ1n) is 13.8. The fourth-order valence-electron chi connectivity index (χ4n) is 4.05. The van der Waals surface area contributed by atoms with Crippen LogP contribution >= 0.6 is 0 Å². The highest BCUT2D eigenvalue weighted by atomic mass is 16.4. The molecule has 2 atom stereocenters. The zero-order valence-electron chi connectivity index (χ0n) is 21.7. The molecule has 0 unspecified atom stereocenters. The third-order valence-corrected chi connectivity index (χ3v) is 6.23. The highest BCUT2D eigenvalue weighted by Crippen LogP contribution is 2.13. The summed E-state index contributed by atoms with van der Waals surface area (Å²) in [4.78, 5) is 22.7. The second-order valence-electron chi connectivity index (χ2n) is 9.58. The van der Waals surface area contributed by atoms with Crippen LogP contribution in [0.25, 0.3) is 0 Å². The standard InChI is InChI=1S/C28H53NO4/c1-3-4-5-6-7-8-9-10-11-12-13-14-15-16-17-18-19-20-21-22-23-24-26(31)29-27(25(2)30)28(32)33/h10-11,25,27,30H,3-9,12-24H2,1-2H3,(H,29,31)(H,32,33)/b11-10-/t25-,27+/m1/s1. The van der Waals surface area contributed by atoms with Crippen LogP contribution < -0.4 is 5.32 Å². The first-order valence-corrected chi connectivity index (χ1v) is 13.8. The molecule has 0 heterocycles. The van der Waals surface area contributed by atoms with Crippen molar-refractivity contribution in [2.24, 2.45) is 0 Å². The molecule has 3 N–H and O–H groups in total. The molecular formula is C28H53NO4. The van der Waals surface area contributed by atoms with E-state index in [2.05, 4.69) is 24.4 Å². The van der Waals surface area contributed by atoms with E-state index >= 15 is 0 Å². The van der Waals surface area contributed by atoms with Gasteiger partial charge in [-0.25, -0.2) is 4.79 Å². The molecule has 0 fully saturated rings. The van der Waals surface area contributed by atoms with Crippen molar-refractivity contribution in [1.82, 2.24) is 5.32 Å². The van der Waals surface area contributed by atoms with Crippen LogP contribution in [-0.2, 0) is 9.59 Å². The molecule has 0 saturated carbocycles. The molecule has 0 radical (unpaired) electrons. The summed E-state index contributed by atoms with van der Waals surface area (Å²) >= 11 is 0. The number of unbranched alkanes of at least 4 members (excludes halogenated alkanes) is 17. The normalized spacial score (nSPS) is 13.3. The Morgan fingerprint density at radius 2 is 1.09 bits per heavy atom. The zero-order valence-corrected chi connectivity index (χ0v) is 21.7. The van der Waals surface area contributed by atoms with Crippen LogP contribution in [0.1, 0.15) is 142 Å². The number of hydrogen-bond acceptors (Lipinski definition) is 3. The number of hydrogen-bond donors (Lipinski definition) is 3. The van der Waals surface area contributed by atoms with Crippen molar-refractivity contribution in [3.8, 4) is 0 Å². The average Bonchev–Trinajstić information content (AvgIpc) is 2.78. The number of carbonyl (C=O) groups is 2. The van der Waals surface area contributed by atoms with E-state index in [-0.39, 0.29) is 5.91 Å². The van der Waals surface area contributed by atoms with Gasteiger partial charge in [0.2, 0.25) is 5.91 Å². The van der Waals surface area contributed by atoms with Crippen LogP contribution in [-0.4, -0.2) is 34.2 Å². The lowest BCUT2D eigenvalue weighted by atomic mass is 10.0. The first kappa shape index (κ1) is 31.6. The van der Waals surface area contributed by atoms with E-state index in [0.717, 1.165) is 19.3 Å². The van der Waals surface area contributed by atoms with Gasteiger partial charge >= 0.3 is 5.97 Å². The fraction of sp³-hybridized carbons (Fsp3) is 0.857. The molecule has 0 spiro atoms. The summed E-state index contributed by atoms with van der Waals surface area (Å²) in [6.45, 7) is 3.64. The Labute approximate surface area is 203 Å². The van der Waals surface area contributed by atoms with Gasteiger partial charge in [-0.15, -0.1) is 0 Å². The third-order valence-electron chi connectivity index (χ3n) is 6.23. The van der Waals surface area contributed by atoms with Gasteiger partial charge in [0.15, 0.2) is 6.04 Å². The van der Waals surface area contributed by atoms with Crippen LogP contribution in [0.4, 0.5) is 0 Å². The van der Waals surface area contributed by atoms with Crippen molar-refractivity contribution in [1.29, 1.82) is 0 Å². The quantitative estimate of drug-likeness (QED) is 0.103. The Morgan fingerprint density at radius 1 is 0.697 bits per heavy atom. The lowest BCUT2D eigenvalue weighted by Gasteiger charge is -2.16. The van der Waals surface area contributed by atoms with E-state index in [1.165, 1.54) is 110 Å². The summed E-state index contributed by atoms with van der Waals surface area (Å²) in [6, 6.07) is -1.22. The van der Waals surface area contributed by atoms with E-state index in [1.807, 2.05) is 0 Å². The van der Waals surface area contributed by atoms with Gasteiger partial charge in [-0.1, -0.05) is 109 Å². The molecule has 5 nitrogen and oxygen atoms in total. The van der Waals surface area contributed by atoms with Crippen LogP contribution in [0, 0.1) is 0 Å². The Bertz CT molecular complexity index is 490. The molecule has 0 aromatic rings. The maximum atomic E-state index is 11.8. The fourth-order valence-corrected chi connectivity index (χ4v) is 4.05. The maximum Gasteiger partial charge on any atom is 0.328 e. The average molecular weight is 468 g/mol. The topological polar surface area (TPSA) is 86.6 Å². The van der Waals surface area contributed by atoms with Gasteiger partial charge in [0.25, 0.3) is 0 Å². The van der Waals surface area contributed by atoms with Crippen molar-refractivity contribution >= 4 is 11.9 Å². The molecule has 194 valence electrons. The summed E-state index contributed by atoms with van der Waals surface area (Å²) in [5.41, 5.74) is 0. The highest BCUT2D eigenvalue weighted by Gasteiger charge is 2.24. The molecule has 0 aliphatic carbocycles. The lowest BCUT2D eigenvalue weighted by Crippen LogP contribution is -2.47. The molecule has 0 aliphatic heterocycles. The summed E-state index contributed by atoms with van der Waals surface area (Å²) in [5.74, 6) is -1.49. The van der Waals surface area contributed by atoms with Gasteiger partial charge in [0.1, 0.15) is 0 Å². The minimum Gasteiger partial charge on any atom is -0.480 e. The number of carbonyl (C=O) groups excluding carboxylic acids is 1. The molecule has 0 rings (SSSR count). The van der Waals surface area contributed by atoms with Gasteiger partial charge in [-0.3, -0.25) is 4.79 Å². The van der Waals surface area contributed by atoms with Gasteiger partial charge < -0.3 is 15.5 Å². The minimum atomic E-state index is -1.22. The number of aliphatic carboxylic acids is 1. The number of allylic oxidation sites excluding steroid dienone is 2. The van der Waals surface area contributed by atoms with Crippen LogP contribution in [0.3, 0.4) is 0 Å². The molecule has 5 heteroatoms. The van der Waals surface area contributed by atoms with Gasteiger partial charge in [-0.05, 0) is 39.0 Å². The Kier molecular flexibility index (Phi) is 22.8. The number of carboxylic acid groups (broad SMARTS) is 1. The van der Waals surface area contributed by atoms with Crippen molar-refractivity contribution in [3.63, 3.8) is 0 Å². The molecule has 0 bridgehead atoms. The van der Waals surface area contributed by atoms with Crippen LogP contribution in [0.15, 0.2) is 12.2 Å². The van der Waals surface area contributed by atoms with Crippen LogP contribution in [0.2, 0.25) is 0 Å². The second kappa shape index (κ2) is 23.8. The number of rotatable bonds is 24. The van der Waals surface area contributed by atoms with E-state index in [4.69, 9.17) is 5.11 Å². The monoisotopic (exact) mass is 467 g/mol. The lowest BCUT2D eigenvalue weighted by molar-refractivity contribution is -0.144. The predicted molar refractivity (Wildman–Crippen MR) is 138 cm³/mol. The molecule has 0 aliphatic rings. The number of carboxylic acids is 1. The van der Waals surface area contributed by atoms with Crippen molar-refractivity contribution < 1.29 is 19.8 Å². The minimum absolute atomic E-state index is 0.295. The van der Waals surface area contributed by atoms with E-state index in [9.17, 15) is 14.7 Å². The van der Waals surface area contributed by atoms with Gasteiger partial charge in [-0.2, -0.15) is 0 Å². The molecule has 0 saturated heterocycles. The zero-order chi connectivity index (χ0) is 24.6. The Morgan fingerprint density at radius 3 is 1.48 bits per heavy atom. The SMILES string of the molecule is CCCCCCCC/C=C\CCCCCCCCCCCCCC(=O)N[C@H](C(=O)O)[C@@H](C)O. The highest BCUT2D eigenvalue weighted by molar-refractivity contribution is 5.83. The third kappa shape index (κ3) is 22.2. The molecular weight excluding hydrogens is 414 g/mol. The Hall–Kier alpha value is -1.36. The number of aliphatic hydroxyl groups excluding tert-OH is 1. The smallest absolute Gasteiger partial charge is 0.328 e. The number of aliphatic hydroxyl groups is 1. The van der Waals surface area contributed by atoms with E-state index in [1.54, 1.807) is 0 Å². The molecule has 0 aromatic carbocycles. The van der Waals surface area contributed by atoms with E-state index in [0.29, 0.717) is 6.42 Å². The summed E-state index contributed by atoms with van der Waals surface area (Å²) in [7, 11) is 0. The maximum absolute atomic E-state index is 11.8. The largest absolute Gasteiger partial charge is 0.480 e. The van der Waals surface area contributed by atoms with Crippen molar-refractivity contribution in [2.45, 2.75) is 154 Å². The number of amides is 1. The molecule has 0 aromatic heterocycles. The van der Waals surface area contributed by atoms with Gasteiger partial charge in [0, 0.05) is 6.42 Å². The van der Waals surface area contributed by atoms with E-state index < -0.39 is 18.1 Å². The predicted octanol–water partition coefficient (Wildman–Crippen LogP) is 7.31. The summed E-state index contributed by atoms with van der Waals surface area (Å²) < 4.78 is 0. The van der Waals surface area contributed by atoms with Crippen LogP contribution in [0.5, 0.6) is 0 Å². The number of nitrogens with one attached hydrogen (secondary N) is 1. The molecule has 1 amide bonds. The first-order chi connectivity index (χ1) is 16.0. The Balaban J connectivity index is 3.32. The van der Waals surface area contributed by atoms with Crippen molar-refractivity contribution in [2.75, 3.05) is 0 Å². The second-order valence-corrected chi connectivity index (χ2v) is 9.58. The summed E-state index contributed by atoms with van der Waals surface area (Å²) in [5, 5.41) is 20.7. The van der Waals surface area contributed by atoms with Gasteiger partial charge in [0.05, 0.1) is 6.10 Å².